The fourth-order valence-corrected chi connectivity index (χ4v) is 2.54. The minimum atomic E-state index is 0.612. The fraction of sp³-hybridized carbons (Fsp3) is 0.538. The average molecular weight is 249 g/mol. The molecule has 0 fully saturated rings. The lowest BCUT2D eigenvalue weighted by atomic mass is 10.1. The Hall–Kier alpha value is -1.16. The molecule has 0 amide bonds. The number of nitrogens with zero attached hydrogens (tertiary/aromatic N) is 3. The molecule has 3 nitrogen and oxygen atoms in total. The number of hydrogen-bond acceptors (Lipinski definition) is 4. The molecule has 1 aromatic heterocycles. The molecule has 0 atom stereocenters. The smallest absolute Gasteiger partial charge is 0.165 e. The maximum atomic E-state index is 4.67. The summed E-state index contributed by atoms with van der Waals surface area (Å²) in [6, 6.07) is 0. The third-order valence-electron chi connectivity index (χ3n) is 2.92. The highest BCUT2D eigenvalue weighted by molar-refractivity contribution is 7.11. The van der Waals surface area contributed by atoms with Crippen molar-refractivity contribution in [2.75, 3.05) is 13.1 Å². The Kier molecular flexibility index (Phi) is 3.62. The van der Waals surface area contributed by atoms with Gasteiger partial charge in [-0.3, -0.25) is 4.99 Å². The van der Waals surface area contributed by atoms with Crippen LogP contribution in [-0.4, -0.2) is 28.8 Å². The third kappa shape index (κ3) is 2.57. The highest BCUT2D eigenvalue weighted by Crippen LogP contribution is 2.22. The van der Waals surface area contributed by atoms with E-state index in [2.05, 4.69) is 42.6 Å². The standard InChI is InChI=1S/C13H19N3S/c1-9(2)8-16-11(4)10(3)7-15-12(16)13-14-5-6-17-13/h5-6,9H,7-8H2,1-4H3. The number of thiazole rings is 1. The fourth-order valence-electron chi connectivity index (χ4n) is 1.89. The highest BCUT2D eigenvalue weighted by Gasteiger charge is 2.22. The molecule has 4 heteroatoms. The number of rotatable bonds is 3. The zero-order chi connectivity index (χ0) is 12.4. The Morgan fingerprint density at radius 2 is 2.18 bits per heavy atom. The summed E-state index contributed by atoms with van der Waals surface area (Å²) in [7, 11) is 0. The van der Waals surface area contributed by atoms with Crippen LogP contribution in [0.25, 0.3) is 0 Å². The van der Waals surface area contributed by atoms with Crippen molar-refractivity contribution in [3.8, 4) is 0 Å². The summed E-state index contributed by atoms with van der Waals surface area (Å²) in [6.07, 6.45) is 1.84. The lowest BCUT2D eigenvalue weighted by Crippen LogP contribution is -2.36. The monoisotopic (exact) mass is 249 g/mol. The summed E-state index contributed by atoms with van der Waals surface area (Å²) in [5.41, 5.74) is 2.69. The molecular weight excluding hydrogens is 230 g/mol. The molecule has 0 bridgehead atoms. The normalized spacial score (nSPS) is 16.8. The second-order valence-corrected chi connectivity index (χ2v) is 5.74. The third-order valence-corrected chi connectivity index (χ3v) is 3.68. The predicted octanol–water partition coefficient (Wildman–Crippen LogP) is 3.16. The van der Waals surface area contributed by atoms with E-state index in [-0.39, 0.29) is 0 Å². The zero-order valence-electron chi connectivity index (χ0n) is 10.9. The van der Waals surface area contributed by atoms with Gasteiger partial charge >= 0.3 is 0 Å². The number of aliphatic imine (C=N–C) groups is 1. The van der Waals surface area contributed by atoms with Crippen molar-refractivity contribution in [1.82, 2.24) is 9.88 Å². The van der Waals surface area contributed by atoms with E-state index in [0.29, 0.717) is 5.92 Å². The van der Waals surface area contributed by atoms with Crippen molar-refractivity contribution >= 4 is 17.2 Å². The average Bonchev–Trinajstić information content (AvgIpc) is 2.78. The Morgan fingerprint density at radius 1 is 1.41 bits per heavy atom. The SMILES string of the molecule is CC1=C(C)N(CC(C)C)C(c2nccs2)=NC1. The molecule has 0 radical (unpaired) electrons. The van der Waals surface area contributed by atoms with Gasteiger partial charge in [-0.25, -0.2) is 4.98 Å². The van der Waals surface area contributed by atoms with E-state index < -0.39 is 0 Å². The molecule has 0 spiro atoms. The van der Waals surface area contributed by atoms with Crippen LogP contribution in [0.2, 0.25) is 0 Å². The van der Waals surface area contributed by atoms with Crippen LogP contribution in [0.5, 0.6) is 0 Å². The first kappa shape index (κ1) is 12.3. The van der Waals surface area contributed by atoms with Crippen molar-refractivity contribution in [2.45, 2.75) is 27.7 Å². The lowest BCUT2D eigenvalue weighted by molar-refractivity contribution is 0.421. The van der Waals surface area contributed by atoms with Gasteiger partial charge in [0.15, 0.2) is 10.8 Å². The van der Waals surface area contributed by atoms with E-state index in [4.69, 9.17) is 0 Å². The molecule has 0 saturated heterocycles. The lowest BCUT2D eigenvalue weighted by Gasteiger charge is -2.32. The van der Waals surface area contributed by atoms with Gasteiger partial charge in [0.2, 0.25) is 0 Å². The number of allylic oxidation sites excluding steroid dienone is 1. The Bertz CT molecular complexity index is 443. The molecule has 0 N–H and O–H groups in total. The molecule has 0 unspecified atom stereocenters. The van der Waals surface area contributed by atoms with Crippen LogP contribution in [0, 0.1) is 5.92 Å². The van der Waals surface area contributed by atoms with Gasteiger partial charge in [-0.2, -0.15) is 0 Å². The molecule has 1 aliphatic rings. The first-order chi connectivity index (χ1) is 8.09. The van der Waals surface area contributed by atoms with Gasteiger partial charge in [-0.05, 0) is 25.3 Å². The van der Waals surface area contributed by atoms with Crippen LogP contribution >= 0.6 is 11.3 Å². The molecule has 2 heterocycles. The molecule has 92 valence electrons. The van der Waals surface area contributed by atoms with Gasteiger partial charge in [0.25, 0.3) is 0 Å². The molecule has 2 rings (SSSR count). The van der Waals surface area contributed by atoms with E-state index in [9.17, 15) is 0 Å². The Morgan fingerprint density at radius 3 is 2.76 bits per heavy atom. The van der Waals surface area contributed by atoms with E-state index in [1.165, 1.54) is 11.3 Å². The molecule has 1 aliphatic heterocycles. The first-order valence-electron chi connectivity index (χ1n) is 5.97. The van der Waals surface area contributed by atoms with Crippen molar-refractivity contribution < 1.29 is 0 Å². The van der Waals surface area contributed by atoms with Crippen LogP contribution in [0.3, 0.4) is 0 Å². The second-order valence-electron chi connectivity index (χ2n) is 4.85. The van der Waals surface area contributed by atoms with Gasteiger partial charge in [0.1, 0.15) is 0 Å². The molecule has 0 aromatic carbocycles. The summed E-state index contributed by atoms with van der Waals surface area (Å²) >= 11 is 1.66. The first-order valence-corrected chi connectivity index (χ1v) is 6.85. The Balaban J connectivity index is 2.32. The molecular formula is C13H19N3S. The van der Waals surface area contributed by atoms with Crippen molar-refractivity contribution in [2.24, 2.45) is 10.9 Å². The topological polar surface area (TPSA) is 28.5 Å². The number of hydrogen-bond donors (Lipinski definition) is 0. The molecule has 17 heavy (non-hydrogen) atoms. The van der Waals surface area contributed by atoms with E-state index >= 15 is 0 Å². The minimum Gasteiger partial charge on any atom is -0.328 e. The summed E-state index contributed by atoms with van der Waals surface area (Å²) in [5, 5.41) is 3.03. The van der Waals surface area contributed by atoms with Crippen LogP contribution in [0.15, 0.2) is 27.8 Å². The zero-order valence-corrected chi connectivity index (χ0v) is 11.7. The van der Waals surface area contributed by atoms with E-state index in [0.717, 1.165) is 23.9 Å². The summed E-state index contributed by atoms with van der Waals surface area (Å²) in [5.74, 6) is 1.65. The minimum absolute atomic E-state index is 0.612. The number of amidine groups is 1. The van der Waals surface area contributed by atoms with Crippen LogP contribution in [-0.2, 0) is 0 Å². The van der Waals surface area contributed by atoms with Crippen LogP contribution < -0.4 is 0 Å². The van der Waals surface area contributed by atoms with Crippen molar-refractivity contribution in [1.29, 1.82) is 0 Å². The van der Waals surface area contributed by atoms with Crippen LogP contribution in [0.4, 0.5) is 0 Å². The maximum absolute atomic E-state index is 4.67. The van der Waals surface area contributed by atoms with E-state index in [1.807, 2.05) is 11.6 Å². The largest absolute Gasteiger partial charge is 0.328 e. The maximum Gasteiger partial charge on any atom is 0.165 e. The predicted molar refractivity (Wildman–Crippen MR) is 73.4 cm³/mol. The van der Waals surface area contributed by atoms with Gasteiger partial charge in [-0.15, -0.1) is 11.3 Å². The van der Waals surface area contributed by atoms with Crippen molar-refractivity contribution in [3.63, 3.8) is 0 Å². The summed E-state index contributed by atoms with van der Waals surface area (Å²) in [6.45, 7) is 10.6. The summed E-state index contributed by atoms with van der Waals surface area (Å²) in [4.78, 5) is 11.4. The van der Waals surface area contributed by atoms with Gasteiger partial charge in [0.05, 0.1) is 6.54 Å². The summed E-state index contributed by atoms with van der Waals surface area (Å²) < 4.78 is 0. The molecule has 0 aliphatic carbocycles. The molecule has 0 saturated carbocycles. The van der Waals surface area contributed by atoms with Gasteiger partial charge in [-0.1, -0.05) is 13.8 Å². The number of aromatic nitrogens is 1. The van der Waals surface area contributed by atoms with Crippen LogP contribution in [0.1, 0.15) is 32.7 Å². The van der Waals surface area contributed by atoms with Gasteiger partial charge < -0.3 is 4.90 Å². The molecule has 1 aromatic rings. The van der Waals surface area contributed by atoms with E-state index in [1.54, 1.807) is 11.3 Å². The highest BCUT2D eigenvalue weighted by atomic mass is 32.1. The Labute approximate surface area is 107 Å². The van der Waals surface area contributed by atoms with Gasteiger partial charge in [0, 0.05) is 23.8 Å². The van der Waals surface area contributed by atoms with Crippen molar-refractivity contribution in [3.05, 3.63) is 27.9 Å². The second kappa shape index (κ2) is 5.00. The quantitative estimate of drug-likeness (QED) is 0.823.